The molecule has 0 saturated carbocycles. The molecule has 0 unspecified atom stereocenters. The Balaban J connectivity index is 1.34. The zero-order valence-corrected chi connectivity index (χ0v) is 20.8. The number of ether oxygens (including phenoxy) is 2. The van der Waals surface area contributed by atoms with Crippen molar-refractivity contribution in [3.63, 3.8) is 0 Å². The lowest BCUT2D eigenvalue weighted by Gasteiger charge is -2.44. The van der Waals surface area contributed by atoms with E-state index in [1.807, 2.05) is 6.07 Å². The number of hydrogen-bond acceptors (Lipinski definition) is 5. The first-order valence-corrected chi connectivity index (χ1v) is 12.8. The Hall–Kier alpha value is -2.94. The van der Waals surface area contributed by atoms with Crippen LogP contribution in [0.2, 0.25) is 5.02 Å². The number of likely N-dealkylation sites (tertiary alicyclic amines) is 1. The van der Waals surface area contributed by atoms with Crippen molar-refractivity contribution in [2.24, 2.45) is 0 Å². The van der Waals surface area contributed by atoms with Gasteiger partial charge in [-0.05, 0) is 37.1 Å². The summed E-state index contributed by atoms with van der Waals surface area (Å²) < 4.78 is 11.9. The van der Waals surface area contributed by atoms with Crippen LogP contribution >= 0.6 is 11.6 Å². The number of carbonyl (C=O) groups excluding carboxylic acids is 3. The van der Waals surface area contributed by atoms with Gasteiger partial charge in [0.05, 0.1) is 23.3 Å². The molecular weight excluding hydrogens is 482 g/mol. The molecule has 0 bridgehead atoms. The Morgan fingerprint density at radius 1 is 1.00 bits per heavy atom. The molecule has 3 heterocycles. The summed E-state index contributed by atoms with van der Waals surface area (Å²) in [5.41, 5.74) is -0.0179. The Morgan fingerprint density at radius 2 is 1.72 bits per heavy atom. The molecule has 2 atom stereocenters. The lowest BCUT2D eigenvalue weighted by molar-refractivity contribution is -0.128. The zero-order valence-electron chi connectivity index (χ0n) is 20.0. The SMILES string of the molecule is O=C(NC[C@H]1CCCO1)[C@H]1COC2(CCN(C(=O)c3ccccc3Cl)CC2)N1C(=O)c1ccccc1. The molecule has 8 nitrogen and oxygen atoms in total. The van der Waals surface area contributed by atoms with Gasteiger partial charge in [0.25, 0.3) is 11.8 Å². The van der Waals surface area contributed by atoms with E-state index in [2.05, 4.69) is 5.32 Å². The largest absolute Gasteiger partial charge is 0.376 e. The third kappa shape index (κ3) is 4.85. The Bertz CT molecular complexity index is 1110. The Labute approximate surface area is 215 Å². The van der Waals surface area contributed by atoms with Crippen molar-refractivity contribution in [1.29, 1.82) is 0 Å². The summed E-state index contributed by atoms with van der Waals surface area (Å²) >= 11 is 6.24. The second-order valence-electron chi connectivity index (χ2n) is 9.47. The average molecular weight is 512 g/mol. The number of carbonyl (C=O) groups is 3. The first-order chi connectivity index (χ1) is 17.5. The molecule has 2 aromatic carbocycles. The zero-order chi connectivity index (χ0) is 25.1. The molecule has 3 saturated heterocycles. The summed E-state index contributed by atoms with van der Waals surface area (Å²) in [6, 6.07) is 15.1. The summed E-state index contributed by atoms with van der Waals surface area (Å²) in [6.07, 6.45) is 2.70. The summed E-state index contributed by atoms with van der Waals surface area (Å²) in [5, 5.41) is 3.37. The third-order valence-electron chi connectivity index (χ3n) is 7.27. The van der Waals surface area contributed by atoms with Crippen molar-refractivity contribution in [1.82, 2.24) is 15.1 Å². The van der Waals surface area contributed by atoms with Gasteiger partial charge in [-0.2, -0.15) is 0 Å². The van der Waals surface area contributed by atoms with Crippen LogP contribution < -0.4 is 5.32 Å². The van der Waals surface area contributed by atoms with Gasteiger partial charge in [-0.15, -0.1) is 0 Å². The molecule has 3 fully saturated rings. The monoisotopic (exact) mass is 511 g/mol. The van der Waals surface area contributed by atoms with E-state index in [1.54, 1.807) is 58.3 Å². The molecule has 36 heavy (non-hydrogen) atoms. The highest BCUT2D eigenvalue weighted by Crippen LogP contribution is 2.39. The summed E-state index contributed by atoms with van der Waals surface area (Å²) in [7, 11) is 0. The molecule has 1 spiro atoms. The summed E-state index contributed by atoms with van der Waals surface area (Å²) in [6.45, 7) is 1.99. The van der Waals surface area contributed by atoms with Crippen LogP contribution in [-0.2, 0) is 14.3 Å². The van der Waals surface area contributed by atoms with E-state index >= 15 is 0 Å². The summed E-state index contributed by atoms with van der Waals surface area (Å²) in [5.74, 6) is -0.655. The van der Waals surface area contributed by atoms with Gasteiger partial charge in [-0.3, -0.25) is 19.3 Å². The van der Waals surface area contributed by atoms with Gasteiger partial charge in [0.2, 0.25) is 5.91 Å². The third-order valence-corrected chi connectivity index (χ3v) is 7.60. The number of benzene rings is 2. The standard InChI is InChI=1S/C27H30ClN3O5/c28-22-11-5-4-10-21(22)26(34)30-14-12-27(13-15-30)31(25(33)19-7-2-1-3-8-19)23(18-36-27)24(32)29-17-20-9-6-16-35-20/h1-5,7-8,10-11,20,23H,6,9,12-18H2,(H,29,32)/t20-,23-/m1/s1. The molecule has 0 aliphatic carbocycles. The van der Waals surface area contributed by atoms with Crippen molar-refractivity contribution in [3.8, 4) is 0 Å². The van der Waals surface area contributed by atoms with Gasteiger partial charge >= 0.3 is 0 Å². The van der Waals surface area contributed by atoms with Crippen LogP contribution in [0.15, 0.2) is 54.6 Å². The highest BCUT2D eigenvalue weighted by Gasteiger charge is 2.54. The molecule has 0 aromatic heterocycles. The predicted molar refractivity (Wildman–Crippen MR) is 134 cm³/mol. The molecule has 9 heteroatoms. The first-order valence-electron chi connectivity index (χ1n) is 12.4. The minimum absolute atomic E-state index is 0.00238. The molecule has 5 rings (SSSR count). The van der Waals surface area contributed by atoms with Crippen LogP contribution in [0.3, 0.4) is 0 Å². The van der Waals surface area contributed by atoms with E-state index in [0.717, 1.165) is 12.8 Å². The normalized spacial score (nSPS) is 23.1. The van der Waals surface area contributed by atoms with E-state index in [-0.39, 0.29) is 30.4 Å². The maximum absolute atomic E-state index is 13.7. The van der Waals surface area contributed by atoms with Gasteiger partial charge in [0, 0.05) is 44.6 Å². The van der Waals surface area contributed by atoms with Gasteiger partial charge in [-0.1, -0.05) is 41.9 Å². The Morgan fingerprint density at radius 3 is 2.42 bits per heavy atom. The van der Waals surface area contributed by atoms with E-state index < -0.39 is 11.8 Å². The molecule has 3 aliphatic heterocycles. The molecular formula is C27H30ClN3O5. The number of nitrogens with zero attached hydrogens (tertiary/aromatic N) is 2. The number of amides is 3. The predicted octanol–water partition coefficient (Wildman–Crippen LogP) is 3.11. The van der Waals surface area contributed by atoms with Crippen LogP contribution in [0.25, 0.3) is 0 Å². The second-order valence-corrected chi connectivity index (χ2v) is 9.87. The fourth-order valence-electron chi connectivity index (χ4n) is 5.29. The van der Waals surface area contributed by atoms with Crippen molar-refractivity contribution in [3.05, 3.63) is 70.7 Å². The lowest BCUT2D eigenvalue weighted by atomic mass is 9.96. The van der Waals surface area contributed by atoms with E-state index in [0.29, 0.717) is 55.2 Å². The fraction of sp³-hybridized carbons (Fsp3) is 0.444. The van der Waals surface area contributed by atoms with E-state index in [4.69, 9.17) is 21.1 Å². The van der Waals surface area contributed by atoms with Gasteiger partial charge in [-0.25, -0.2) is 0 Å². The fourth-order valence-corrected chi connectivity index (χ4v) is 5.51. The van der Waals surface area contributed by atoms with Gasteiger partial charge < -0.3 is 19.7 Å². The second kappa shape index (κ2) is 10.6. The van der Waals surface area contributed by atoms with Crippen LogP contribution in [0.1, 0.15) is 46.4 Å². The first kappa shape index (κ1) is 24.7. The minimum atomic E-state index is -0.962. The number of piperidine rings is 1. The van der Waals surface area contributed by atoms with Crippen LogP contribution in [0, 0.1) is 0 Å². The van der Waals surface area contributed by atoms with Crippen molar-refractivity contribution in [2.45, 2.75) is 43.6 Å². The van der Waals surface area contributed by atoms with Crippen LogP contribution in [0.5, 0.6) is 0 Å². The van der Waals surface area contributed by atoms with E-state index in [1.165, 1.54) is 0 Å². The molecule has 3 aliphatic rings. The number of hydrogen-bond donors (Lipinski definition) is 1. The molecule has 1 N–H and O–H groups in total. The van der Waals surface area contributed by atoms with Crippen molar-refractivity contribution >= 4 is 29.3 Å². The number of rotatable bonds is 5. The lowest BCUT2D eigenvalue weighted by Crippen LogP contribution is -2.60. The maximum atomic E-state index is 13.7. The Kier molecular flexibility index (Phi) is 7.27. The van der Waals surface area contributed by atoms with Crippen LogP contribution in [0.4, 0.5) is 0 Å². The quantitative estimate of drug-likeness (QED) is 0.666. The van der Waals surface area contributed by atoms with Crippen molar-refractivity contribution in [2.75, 3.05) is 32.8 Å². The van der Waals surface area contributed by atoms with Crippen LogP contribution in [-0.4, -0.2) is 78.2 Å². The molecule has 190 valence electrons. The summed E-state index contributed by atoms with van der Waals surface area (Å²) in [4.78, 5) is 43.4. The topological polar surface area (TPSA) is 88.2 Å². The number of halogens is 1. The maximum Gasteiger partial charge on any atom is 0.256 e. The van der Waals surface area contributed by atoms with E-state index in [9.17, 15) is 14.4 Å². The average Bonchev–Trinajstić information content (AvgIpc) is 3.56. The molecule has 2 aromatic rings. The highest BCUT2D eigenvalue weighted by atomic mass is 35.5. The highest BCUT2D eigenvalue weighted by molar-refractivity contribution is 6.33. The van der Waals surface area contributed by atoms with Crippen molar-refractivity contribution < 1.29 is 23.9 Å². The van der Waals surface area contributed by atoms with Gasteiger partial charge in [0.15, 0.2) is 0 Å². The smallest absolute Gasteiger partial charge is 0.256 e. The van der Waals surface area contributed by atoms with Gasteiger partial charge in [0.1, 0.15) is 11.8 Å². The molecule has 0 radical (unpaired) electrons. The number of nitrogens with one attached hydrogen (secondary N) is 1. The molecule has 3 amide bonds. The minimum Gasteiger partial charge on any atom is -0.376 e.